The van der Waals surface area contributed by atoms with Gasteiger partial charge in [0.05, 0.1) is 6.10 Å². The first-order chi connectivity index (χ1) is 18.7. The summed E-state index contributed by atoms with van der Waals surface area (Å²) < 4.78 is 44.4. The van der Waals surface area contributed by atoms with Crippen LogP contribution in [-0.2, 0) is 61.9 Å². The maximum Gasteiger partial charge on any atom is 0.303 e. The van der Waals surface area contributed by atoms with E-state index in [1.54, 1.807) is 13.8 Å². The van der Waals surface area contributed by atoms with E-state index in [4.69, 9.17) is 37.9 Å². The fourth-order valence-electron chi connectivity index (χ4n) is 4.20. The van der Waals surface area contributed by atoms with Crippen molar-refractivity contribution < 1.29 is 67.0 Å². The molecular formula is C25H38O14S. The van der Waals surface area contributed by atoms with Crippen LogP contribution >= 0.6 is 11.8 Å². The Labute approximate surface area is 236 Å². The van der Waals surface area contributed by atoms with Gasteiger partial charge < -0.3 is 43.0 Å². The topological polar surface area (TPSA) is 179 Å². The molecule has 2 fully saturated rings. The highest BCUT2D eigenvalue weighted by Crippen LogP contribution is 2.40. The van der Waals surface area contributed by atoms with E-state index in [-0.39, 0.29) is 25.7 Å². The van der Waals surface area contributed by atoms with Gasteiger partial charge in [0.1, 0.15) is 37.0 Å². The van der Waals surface area contributed by atoms with E-state index in [1.165, 1.54) is 13.8 Å². The number of thioether (sulfide) groups is 1. The second-order valence-corrected chi connectivity index (χ2v) is 10.9. The highest BCUT2D eigenvalue weighted by Gasteiger charge is 2.54. The number of esters is 5. The minimum absolute atomic E-state index is 0.0981. The van der Waals surface area contributed by atoms with Crippen LogP contribution in [0.1, 0.15) is 54.9 Å². The van der Waals surface area contributed by atoms with Crippen LogP contribution in [0, 0.1) is 0 Å². The summed E-state index contributed by atoms with van der Waals surface area (Å²) in [6, 6.07) is 0. The molecule has 0 aliphatic carbocycles. The van der Waals surface area contributed by atoms with Crippen LogP contribution < -0.4 is 0 Å². The van der Waals surface area contributed by atoms with Crippen LogP contribution in [0.15, 0.2) is 0 Å². The molecule has 0 radical (unpaired) electrons. The summed E-state index contributed by atoms with van der Waals surface area (Å²) in [5.74, 6) is -3.42. The molecule has 0 aromatic carbocycles. The zero-order valence-corrected chi connectivity index (χ0v) is 24.4. The first kappa shape index (κ1) is 33.7. The summed E-state index contributed by atoms with van der Waals surface area (Å²) in [6.45, 7) is 8.81. The quantitative estimate of drug-likeness (QED) is 0.260. The minimum atomic E-state index is -1.34. The molecule has 14 nitrogen and oxygen atoms in total. The number of ether oxygens (including phenoxy) is 8. The summed E-state index contributed by atoms with van der Waals surface area (Å²) in [4.78, 5) is 59.2. The van der Waals surface area contributed by atoms with E-state index in [2.05, 4.69) is 0 Å². The predicted molar refractivity (Wildman–Crippen MR) is 135 cm³/mol. The van der Waals surface area contributed by atoms with E-state index >= 15 is 0 Å². The lowest BCUT2D eigenvalue weighted by molar-refractivity contribution is -0.256. The molecule has 0 aromatic rings. The van der Waals surface area contributed by atoms with Gasteiger partial charge in [0.2, 0.25) is 0 Å². The number of aliphatic hydroxyl groups excluding tert-OH is 1. The van der Waals surface area contributed by atoms with Crippen molar-refractivity contribution >= 4 is 41.6 Å². The fourth-order valence-corrected chi connectivity index (χ4v) is 5.75. The lowest BCUT2D eigenvalue weighted by Crippen LogP contribution is -2.62. The Morgan fingerprint density at radius 2 is 1.25 bits per heavy atom. The van der Waals surface area contributed by atoms with Gasteiger partial charge in [-0.25, -0.2) is 0 Å². The Morgan fingerprint density at radius 3 is 1.75 bits per heavy atom. The lowest BCUT2D eigenvalue weighted by atomic mass is 9.99. The largest absolute Gasteiger partial charge is 0.463 e. The molecule has 40 heavy (non-hydrogen) atoms. The molecule has 0 bridgehead atoms. The zero-order chi connectivity index (χ0) is 30.1. The second-order valence-electron chi connectivity index (χ2n) is 9.58. The SMILES string of the molecule is CC(=O)OC[C@H]1O[C@@H](S[C@@H]2C[C@@H](O)[C@@H](OC(C)C)O[C@@H]2COC(C)=O)[C@H](OC(C)=O)[C@@H](OC(C)=O)[C@@H]1OC(C)=O. The number of hydrogen-bond donors (Lipinski definition) is 1. The fraction of sp³-hybridized carbons (Fsp3) is 0.800. The third-order valence-corrected chi connectivity index (χ3v) is 7.12. The predicted octanol–water partition coefficient (Wildman–Crippen LogP) is 0.635. The Morgan fingerprint density at radius 1 is 0.750 bits per heavy atom. The van der Waals surface area contributed by atoms with E-state index < -0.39 is 83.4 Å². The summed E-state index contributed by atoms with van der Waals surface area (Å²) in [7, 11) is 0. The molecule has 0 aromatic heterocycles. The Bertz CT molecular complexity index is 910. The minimum Gasteiger partial charge on any atom is -0.463 e. The van der Waals surface area contributed by atoms with Gasteiger partial charge in [0.15, 0.2) is 24.6 Å². The summed E-state index contributed by atoms with van der Waals surface area (Å²) in [5, 5.41) is 10.1. The molecule has 0 spiro atoms. The van der Waals surface area contributed by atoms with Gasteiger partial charge in [-0.15, -0.1) is 11.8 Å². The van der Waals surface area contributed by atoms with Crippen molar-refractivity contribution in [2.75, 3.05) is 13.2 Å². The van der Waals surface area contributed by atoms with Crippen LogP contribution in [0.25, 0.3) is 0 Å². The van der Waals surface area contributed by atoms with Crippen molar-refractivity contribution in [1.82, 2.24) is 0 Å². The molecule has 0 unspecified atom stereocenters. The van der Waals surface area contributed by atoms with Crippen molar-refractivity contribution in [3.8, 4) is 0 Å². The first-order valence-electron chi connectivity index (χ1n) is 12.8. The van der Waals surface area contributed by atoms with Gasteiger partial charge in [0, 0.05) is 39.9 Å². The molecule has 9 atom stereocenters. The summed E-state index contributed by atoms with van der Waals surface area (Å²) in [5.41, 5.74) is -1.09. The lowest BCUT2D eigenvalue weighted by Gasteiger charge is -2.46. The number of carbonyl (C=O) groups is 5. The number of hydrogen-bond acceptors (Lipinski definition) is 15. The van der Waals surface area contributed by atoms with Gasteiger partial charge in [-0.3, -0.25) is 24.0 Å². The third kappa shape index (κ3) is 10.5. The molecule has 2 rings (SSSR count). The van der Waals surface area contributed by atoms with Crippen molar-refractivity contribution in [3.63, 3.8) is 0 Å². The molecule has 2 aliphatic rings. The second kappa shape index (κ2) is 15.5. The smallest absolute Gasteiger partial charge is 0.303 e. The maximum absolute atomic E-state index is 12.1. The normalized spacial score (nSPS) is 32.1. The molecule has 1 N–H and O–H groups in total. The summed E-state index contributed by atoms with van der Waals surface area (Å²) in [6.07, 6.45) is -8.06. The van der Waals surface area contributed by atoms with Gasteiger partial charge in [-0.1, -0.05) is 0 Å². The van der Waals surface area contributed by atoms with Gasteiger partial charge in [-0.05, 0) is 20.3 Å². The molecule has 15 heteroatoms. The molecule has 2 heterocycles. The Hall–Kier alpha value is -2.46. The van der Waals surface area contributed by atoms with Crippen molar-refractivity contribution in [2.24, 2.45) is 0 Å². The van der Waals surface area contributed by atoms with Crippen LogP contribution in [0.2, 0.25) is 0 Å². The average Bonchev–Trinajstić information content (AvgIpc) is 2.81. The van der Waals surface area contributed by atoms with E-state index in [0.29, 0.717) is 0 Å². The highest BCUT2D eigenvalue weighted by molar-refractivity contribution is 8.00. The van der Waals surface area contributed by atoms with Crippen molar-refractivity contribution in [2.45, 2.75) is 115 Å². The first-order valence-corrected chi connectivity index (χ1v) is 13.7. The van der Waals surface area contributed by atoms with Crippen molar-refractivity contribution in [3.05, 3.63) is 0 Å². The van der Waals surface area contributed by atoms with Crippen LogP contribution in [-0.4, -0.2) is 108 Å². The van der Waals surface area contributed by atoms with Crippen LogP contribution in [0.5, 0.6) is 0 Å². The average molecular weight is 595 g/mol. The van der Waals surface area contributed by atoms with Gasteiger partial charge in [0.25, 0.3) is 0 Å². The maximum atomic E-state index is 12.1. The summed E-state index contributed by atoms with van der Waals surface area (Å²) >= 11 is 1.06. The third-order valence-electron chi connectivity index (χ3n) is 5.63. The van der Waals surface area contributed by atoms with E-state index in [9.17, 15) is 29.1 Å². The zero-order valence-electron chi connectivity index (χ0n) is 23.6. The number of rotatable bonds is 11. The molecule has 0 saturated carbocycles. The Kier molecular flexibility index (Phi) is 13.1. The van der Waals surface area contributed by atoms with Gasteiger partial charge >= 0.3 is 29.8 Å². The number of carbonyl (C=O) groups excluding carboxylic acids is 5. The molecule has 0 amide bonds. The molecular weight excluding hydrogens is 556 g/mol. The van der Waals surface area contributed by atoms with Crippen LogP contribution in [0.3, 0.4) is 0 Å². The molecule has 228 valence electrons. The van der Waals surface area contributed by atoms with Crippen LogP contribution in [0.4, 0.5) is 0 Å². The standard InChI is InChI=1S/C25H38O14S/c1-11(2)34-24-17(31)8-20(18(38-24)9-32-12(3)26)40-25-23(37-16(7)30)22(36-15(6)29)21(35-14(5)28)19(39-25)10-33-13(4)27/h11,17-25,31H,8-10H2,1-7H3/t17-,18-,19-,20-,21-,22+,23-,24+,25+/m1/s1. The molecule has 2 aliphatic heterocycles. The van der Waals surface area contributed by atoms with Gasteiger partial charge in [-0.2, -0.15) is 0 Å². The van der Waals surface area contributed by atoms with Crippen molar-refractivity contribution in [1.29, 1.82) is 0 Å². The molecule has 2 saturated heterocycles. The highest BCUT2D eigenvalue weighted by atomic mass is 32.2. The monoisotopic (exact) mass is 594 g/mol. The Balaban J connectivity index is 2.44. The number of aliphatic hydroxyl groups is 1. The van der Waals surface area contributed by atoms with E-state index in [1.807, 2.05) is 0 Å². The van der Waals surface area contributed by atoms with E-state index in [0.717, 1.165) is 32.5 Å².